The van der Waals surface area contributed by atoms with Gasteiger partial charge in [-0.3, -0.25) is 9.69 Å². The van der Waals surface area contributed by atoms with E-state index in [1.807, 2.05) is 0 Å². The van der Waals surface area contributed by atoms with Gasteiger partial charge >= 0.3 is 6.03 Å². The van der Waals surface area contributed by atoms with Crippen molar-refractivity contribution in [3.8, 4) is 0 Å². The lowest BCUT2D eigenvalue weighted by atomic mass is 9.91. The molecule has 0 unspecified atom stereocenters. The summed E-state index contributed by atoms with van der Waals surface area (Å²) in [6.07, 6.45) is 2.49. The van der Waals surface area contributed by atoms with Crippen LogP contribution in [-0.2, 0) is 15.1 Å². The Morgan fingerprint density at radius 1 is 1.35 bits per heavy atom. The van der Waals surface area contributed by atoms with E-state index in [1.165, 1.54) is 6.92 Å². The van der Waals surface area contributed by atoms with Crippen molar-refractivity contribution in [2.24, 2.45) is 0 Å². The van der Waals surface area contributed by atoms with E-state index >= 15 is 0 Å². The van der Waals surface area contributed by atoms with E-state index < -0.39 is 29.1 Å². The lowest BCUT2D eigenvalue weighted by Gasteiger charge is -2.27. The van der Waals surface area contributed by atoms with E-state index in [1.54, 1.807) is 0 Å². The lowest BCUT2D eigenvalue weighted by molar-refractivity contribution is -0.133. The quantitative estimate of drug-likeness (QED) is 0.868. The molecule has 124 valence electrons. The van der Waals surface area contributed by atoms with Crippen LogP contribution in [0.15, 0.2) is 18.2 Å². The molecule has 0 aromatic heterocycles. The molecule has 1 aromatic carbocycles. The Labute approximate surface area is 132 Å². The van der Waals surface area contributed by atoms with Gasteiger partial charge in [-0.1, -0.05) is 0 Å². The van der Waals surface area contributed by atoms with Gasteiger partial charge in [0.2, 0.25) is 0 Å². The molecule has 3 rings (SSSR count). The largest absolute Gasteiger partial charge is 0.376 e. The third-order valence-electron chi connectivity index (χ3n) is 4.40. The third-order valence-corrected chi connectivity index (χ3v) is 4.40. The molecule has 2 aliphatic heterocycles. The van der Waals surface area contributed by atoms with Crippen LogP contribution in [0, 0.1) is 11.6 Å². The zero-order valence-corrected chi connectivity index (χ0v) is 12.8. The van der Waals surface area contributed by atoms with E-state index in [9.17, 15) is 18.4 Å². The van der Waals surface area contributed by atoms with Gasteiger partial charge in [0, 0.05) is 12.2 Å². The molecular formula is C16H18F2N2O3. The molecule has 2 heterocycles. The molecule has 0 radical (unpaired) electrons. The predicted molar refractivity (Wildman–Crippen MR) is 77.5 cm³/mol. The van der Waals surface area contributed by atoms with Crippen LogP contribution in [-0.4, -0.2) is 36.1 Å². The monoisotopic (exact) mass is 324 g/mol. The molecule has 0 bridgehead atoms. The van der Waals surface area contributed by atoms with E-state index in [2.05, 4.69) is 5.32 Å². The normalized spacial score (nSPS) is 28.1. The standard InChI is InChI=1S/C16H18F2N2O3/c1-16(12-8-10(17)5-6-13(12)18)14(21)20(15(22)19-16)9-11-4-2-3-7-23-11/h5-6,8,11H,2-4,7,9H2,1H3,(H,19,22)/t11-,16+/m0/s1. The predicted octanol–water partition coefficient (Wildman–Crippen LogP) is 2.30. The third kappa shape index (κ3) is 2.81. The molecule has 1 N–H and O–H groups in total. The molecule has 5 nitrogen and oxygen atoms in total. The van der Waals surface area contributed by atoms with Crippen LogP contribution in [0.25, 0.3) is 0 Å². The van der Waals surface area contributed by atoms with Gasteiger partial charge in [-0.05, 0) is 44.4 Å². The first-order chi connectivity index (χ1) is 10.9. The maximum Gasteiger partial charge on any atom is 0.325 e. The van der Waals surface area contributed by atoms with Crippen LogP contribution in [0.4, 0.5) is 13.6 Å². The topological polar surface area (TPSA) is 58.6 Å². The molecule has 2 saturated heterocycles. The summed E-state index contributed by atoms with van der Waals surface area (Å²) in [5, 5.41) is 2.48. The molecule has 2 aliphatic rings. The summed E-state index contributed by atoms with van der Waals surface area (Å²) in [4.78, 5) is 25.9. The maximum atomic E-state index is 14.0. The van der Waals surface area contributed by atoms with E-state index in [4.69, 9.17) is 4.74 Å². The maximum absolute atomic E-state index is 14.0. The summed E-state index contributed by atoms with van der Waals surface area (Å²) in [5.74, 6) is -2.00. The molecule has 0 saturated carbocycles. The molecule has 23 heavy (non-hydrogen) atoms. The number of benzene rings is 1. The Balaban J connectivity index is 1.85. The Morgan fingerprint density at radius 3 is 2.83 bits per heavy atom. The number of imide groups is 1. The number of nitrogens with one attached hydrogen (secondary N) is 1. The van der Waals surface area contributed by atoms with Gasteiger partial charge in [0.25, 0.3) is 5.91 Å². The van der Waals surface area contributed by atoms with Crippen LogP contribution in [0.1, 0.15) is 31.7 Å². The fourth-order valence-electron chi connectivity index (χ4n) is 3.08. The van der Waals surface area contributed by atoms with Crippen molar-refractivity contribution in [3.05, 3.63) is 35.4 Å². The molecule has 2 atom stereocenters. The number of amides is 3. The minimum atomic E-state index is -1.61. The molecular weight excluding hydrogens is 306 g/mol. The van der Waals surface area contributed by atoms with Crippen LogP contribution < -0.4 is 5.32 Å². The van der Waals surface area contributed by atoms with Crippen molar-refractivity contribution in [3.63, 3.8) is 0 Å². The number of urea groups is 1. The number of hydrogen-bond donors (Lipinski definition) is 1. The highest BCUT2D eigenvalue weighted by molar-refractivity contribution is 6.07. The highest BCUT2D eigenvalue weighted by atomic mass is 19.1. The zero-order valence-electron chi connectivity index (χ0n) is 12.8. The second kappa shape index (κ2) is 5.88. The van der Waals surface area contributed by atoms with Gasteiger partial charge < -0.3 is 10.1 Å². The van der Waals surface area contributed by atoms with Gasteiger partial charge in [0.05, 0.1) is 12.6 Å². The lowest BCUT2D eigenvalue weighted by Crippen LogP contribution is -2.43. The minimum absolute atomic E-state index is 0.122. The summed E-state index contributed by atoms with van der Waals surface area (Å²) >= 11 is 0. The Bertz CT molecular complexity index is 646. The second-order valence-corrected chi connectivity index (χ2v) is 6.08. The van der Waals surface area contributed by atoms with E-state index in [0.717, 1.165) is 42.4 Å². The van der Waals surface area contributed by atoms with Gasteiger partial charge in [0.15, 0.2) is 0 Å². The highest BCUT2D eigenvalue weighted by Crippen LogP contribution is 2.31. The minimum Gasteiger partial charge on any atom is -0.376 e. The van der Waals surface area contributed by atoms with Crippen molar-refractivity contribution >= 4 is 11.9 Å². The molecule has 3 amide bonds. The van der Waals surface area contributed by atoms with Gasteiger partial charge in [-0.2, -0.15) is 0 Å². The Hall–Kier alpha value is -2.02. The number of carbonyl (C=O) groups excluding carboxylic acids is 2. The molecule has 7 heteroatoms. The van der Waals surface area contributed by atoms with Crippen molar-refractivity contribution in [1.82, 2.24) is 10.2 Å². The number of hydrogen-bond acceptors (Lipinski definition) is 3. The molecule has 2 fully saturated rings. The van der Waals surface area contributed by atoms with Gasteiger partial charge in [0.1, 0.15) is 17.2 Å². The highest BCUT2D eigenvalue weighted by Gasteiger charge is 2.50. The number of ether oxygens (including phenoxy) is 1. The van der Waals surface area contributed by atoms with Gasteiger partial charge in [-0.25, -0.2) is 13.6 Å². The Morgan fingerprint density at radius 2 is 2.13 bits per heavy atom. The molecule has 1 aromatic rings. The molecule has 0 aliphatic carbocycles. The fraction of sp³-hybridized carbons (Fsp3) is 0.500. The summed E-state index contributed by atoms with van der Waals surface area (Å²) in [5.41, 5.74) is -1.79. The number of rotatable bonds is 3. The SMILES string of the molecule is C[C@]1(c2cc(F)ccc2F)NC(=O)N(C[C@@H]2CCCCO2)C1=O. The summed E-state index contributed by atoms with van der Waals surface area (Å²) in [6, 6.07) is 2.24. The zero-order chi connectivity index (χ0) is 16.6. The van der Waals surface area contributed by atoms with Crippen LogP contribution in [0.3, 0.4) is 0 Å². The van der Waals surface area contributed by atoms with Crippen LogP contribution in [0.5, 0.6) is 0 Å². The average Bonchev–Trinajstić information content (AvgIpc) is 2.75. The molecule has 0 spiro atoms. The van der Waals surface area contributed by atoms with E-state index in [-0.39, 0.29) is 18.2 Å². The number of nitrogens with zero attached hydrogens (tertiary/aromatic N) is 1. The second-order valence-electron chi connectivity index (χ2n) is 6.08. The summed E-state index contributed by atoms with van der Waals surface area (Å²) in [6.45, 7) is 2.11. The van der Waals surface area contributed by atoms with Gasteiger partial charge in [-0.15, -0.1) is 0 Å². The van der Waals surface area contributed by atoms with Crippen LogP contribution >= 0.6 is 0 Å². The van der Waals surface area contributed by atoms with Crippen molar-refractivity contribution in [2.75, 3.05) is 13.2 Å². The van der Waals surface area contributed by atoms with Crippen molar-refractivity contribution in [2.45, 2.75) is 37.8 Å². The van der Waals surface area contributed by atoms with Crippen molar-refractivity contribution < 1.29 is 23.1 Å². The average molecular weight is 324 g/mol. The van der Waals surface area contributed by atoms with Crippen molar-refractivity contribution in [1.29, 1.82) is 0 Å². The number of halogens is 2. The van der Waals surface area contributed by atoms with E-state index in [0.29, 0.717) is 6.61 Å². The first-order valence-corrected chi connectivity index (χ1v) is 7.63. The van der Waals surface area contributed by atoms with Crippen LogP contribution in [0.2, 0.25) is 0 Å². The summed E-state index contributed by atoms with van der Waals surface area (Å²) in [7, 11) is 0. The fourth-order valence-corrected chi connectivity index (χ4v) is 3.08. The first kappa shape index (κ1) is 15.9. The Kier molecular flexibility index (Phi) is 4.06. The number of carbonyl (C=O) groups is 2. The first-order valence-electron chi connectivity index (χ1n) is 7.63. The summed E-state index contributed by atoms with van der Waals surface area (Å²) < 4.78 is 33.0. The smallest absolute Gasteiger partial charge is 0.325 e.